The van der Waals surface area contributed by atoms with Gasteiger partial charge in [0.1, 0.15) is 5.76 Å². The second-order valence-electron chi connectivity index (χ2n) is 6.44. The van der Waals surface area contributed by atoms with Gasteiger partial charge in [-0.2, -0.15) is 0 Å². The van der Waals surface area contributed by atoms with Crippen molar-refractivity contribution in [1.82, 2.24) is 20.1 Å². The Bertz CT molecular complexity index is 1110. The molecule has 152 valence electrons. The smallest absolute Gasteiger partial charge is 0.221 e. The van der Waals surface area contributed by atoms with Crippen LogP contribution in [-0.2, 0) is 11.3 Å². The van der Waals surface area contributed by atoms with Gasteiger partial charge in [-0.25, -0.2) is 0 Å². The molecular formula is C22H19BrN4O2S. The van der Waals surface area contributed by atoms with E-state index in [0.717, 1.165) is 32.5 Å². The summed E-state index contributed by atoms with van der Waals surface area (Å²) in [5, 5.41) is 12.4. The van der Waals surface area contributed by atoms with Gasteiger partial charge in [-0.1, -0.05) is 58.0 Å². The number of para-hydroxylation sites is 1. The Morgan fingerprint density at radius 3 is 2.70 bits per heavy atom. The Kier molecular flexibility index (Phi) is 6.66. The maximum absolute atomic E-state index is 12.1. The van der Waals surface area contributed by atoms with Gasteiger partial charge in [0.15, 0.2) is 11.0 Å². The number of amides is 1. The van der Waals surface area contributed by atoms with Gasteiger partial charge in [-0.3, -0.25) is 9.36 Å². The van der Waals surface area contributed by atoms with Crippen LogP contribution in [0.3, 0.4) is 0 Å². The number of nitrogens with one attached hydrogen (secondary N) is 1. The standard InChI is InChI=1S/C22H19BrN4O2S/c23-17-7-4-6-16(14-17)21-25-26-22(27(21)18-8-2-1-3-9-18)30-13-11-20(28)24-15-19-10-5-12-29-19/h1-10,12,14H,11,13,15H2,(H,24,28). The minimum Gasteiger partial charge on any atom is -0.467 e. The van der Waals surface area contributed by atoms with E-state index in [-0.39, 0.29) is 5.91 Å². The number of thioether (sulfide) groups is 1. The molecule has 8 heteroatoms. The van der Waals surface area contributed by atoms with Gasteiger partial charge in [0.25, 0.3) is 0 Å². The fourth-order valence-electron chi connectivity index (χ4n) is 2.91. The van der Waals surface area contributed by atoms with Crippen LogP contribution in [-0.4, -0.2) is 26.4 Å². The molecule has 4 aromatic rings. The molecule has 0 aliphatic heterocycles. The number of halogens is 1. The van der Waals surface area contributed by atoms with Crippen LogP contribution in [0.5, 0.6) is 0 Å². The summed E-state index contributed by atoms with van der Waals surface area (Å²) in [6, 6.07) is 21.6. The molecule has 6 nitrogen and oxygen atoms in total. The average molecular weight is 483 g/mol. The van der Waals surface area contributed by atoms with Crippen LogP contribution < -0.4 is 5.32 Å². The highest BCUT2D eigenvalue weighted by atomic mass is 79.9. The lowest BCUT2D eigenvalue weighted by Crippen LogP contribution is -2.22. The number of rotatable bonds is 8. The van der Waals surface area contributed by atoms with Crippen LogP contribution in [0.2, 0.25) is 0 Å². The zero-order valence-electron chi connectivity index (χ0n) is 16.0. The highest BCUT2D eigenvalue weighted by Gasteiger charge is 2.16. The molecule has 1 amide bonds. The lowest BCUT2D eigenvalue weighted by molar-refractivity contribution is -0.120. The molecule has 0 unspecified atom stereocenters. The number of benzene rings is 2. The van der Waals surface area contributed by atoms with Gasteiger partial charge in [0.2, 0.25) is 5.91 Å². The van der Waals surface area contributed by atoms with Crippen molar-refractivity contribution in [3.8, 4) is 17.1 Å². The number of aromatic nitrogens is 3. The molecular weight excluding hydrogens is 464 g/mol. The van der Waals surface area contributed by atoms with Crippen LogP contribution in [0.4, 0.5) is 0 Å². The molecule has 2 aromatic carbocycles. The second-order valence-corrected chi connectivity index (χ2v) is 8.42. The average Bonchev–Trinajstić information content (AvgIpc) is 3.43. The molecule has 4 rings (SSSR count). The number of carbonyl (C=O) groups excluding carboxylic acids is 1. The lowest BCUT2D eigenvalue weighted by atomic mass is 10.2. The summed E-state index contributed by atoms with van der Waals surface area (Å²) in [4.78, 5) is 12.1. The Hall–Kier alpha value is -2.84. The van der Waals surface area contributed by atoms with Crippen molar-refractivity contribution < 1.29 is 9.21 Å². The topological polar surface area (TPSA) is 73.0 Å². The maximum Gasteiger partial charge on any atom is 0.221 e. The van der Waals surface area contributed by atoms with Crippen molar-refractivity contribution in [3.05, 3.63) is 83.2 Å². The van der Waals surface area contributed by atoms with E-state index in [0.29, 0.717) is 18.7 Å². The van der Waals surface area contributed by atoms with E-state index in [4.69, 9.17) is 4.42 Å². The van der Waals surface area contributed by atoms with Crippen molar-refractivity contribution in [3.63, 3.8) is 0 Å². The fraction of sp³-hybridized carbons (Fsp3) is 0.136. The quantitative estimate of drug-likeness (QED) is 0.354. The summed E-state index contributed by atoms with van der Waals surface area (Å²) in [7, 11) is 0. The minimum absolute atomic E-state index is 0.0307. The van der Waals surface area contributed by atoms with E-state index in [2.05, 4.69) is 31.4 Å². The van der Waals surface area contributed by atoms with Crippen molar-refractivity contribution in [2.24, 2.45) is 0 Å². The van der Waals surface area contributed by atoms with Crippen molar-refractivity contribution >= 4 is 33.6 Å². The fourth-order valence-corrected chi connectivity index (χ4v) is 4.20. The Morgan fingerprint density at radius 2 is 1.93 bits per heavy atom. The summed E-state index contributed by atoms with van der Waals surface area (Å²) in [6.45, 7) is 0.393. The molecule has 0 saturated carbocycles. The number of nitrogens with zero attached hydrogens (tertiary/aromatic N) is 3. The van der Waals surface area contributed by atoms with Crippen LogP contribution >= 0.6 is 27.7 Å². The van der Waals surface area contributed by atoms with Gasteiger partial charge in [0.05, 0.1) is 12.8 Å². The monoisotopic (exact) mass is 482 g/mol. The number of hydrogen-bond donors (Lipinski definition) is 1. The highest BCUT2D eigenvalue weighted by Crippen LogP contribution is 2.29. The van der Waals surface area contributed by atoms with E-state index in [1.807, 2.05) is 65.2 Å². The molecule has 0 atom stereocenters. The first-order valence-corrected chi connectivity index (χ1v) is 11.2. The van der Waals surface area contributed by atoms with Crippen LogP contribution in [0.15, 0.2) is 87.0 Å². The molecule has 0 aliphatic rings. The van der Waals surface area contributed by atoms with Gasteiger partial charge in [0, 0.05) is 27.9 Å². The highest BCUT2D eigenvalue weighted by molar-refractivity contribution is 9.10. The van der Waals surface area contributed by atoms with Crippen LogP contribution in [0, 0.1) is 0 Å². The van der Waals surface area contributed by atoms with Gasteiger partial charge < -0.3 is 9.73 Å². The van der Waals surface area contributed by atoms with Gasteiger partial charge in [-0.05, 0) is 36.4 Å². The van der Waals surface area contributed by atoms with Gasteiger partial charge >= 0.3 is 0 Å². The summed E-state index contributed by atoms with van der Waals surface area (Å²) < 4.78 is 8.23. The summed E-state index contributed by atoms with van der Waals surface area (Å²) in [5.74, 6) is 2.05. The molecule has 2 aromatic heterocycles. The van der Waals surface area contributed by atoms with Crippen LogP contribution in [0.25, 0.3) is 17.1 Å². The SMILES string of the molecule is O=C(CCSc1nnc(-c2cccc(Br)c2)n1-c1ccccc1)NCc1ccco1. The van der Waals surface area contributed by atoms with Crippen molar-refractivity contribution in [1.29, 1.82) is 0 Å². The summed E-state index contributed by atoms with van der Waals surface area (Å²) >= 11 is 5.03. The molecule has 0 spiro atoms. The number of hydrogen-bond acceptors (Lipinski definition) is 5. The van der Waals surface area contributed by atoms with E-state index in [1.165, 1.54) is 11.8 Å². The van der Waals surface area contributed by atoms with E-state index >= 15 is 0 Å². The Morgan fingerprint density at radius 1 is 1.07 bits per heavy atom. The van der Waals surface area contributed by atoms with Gasteiger partial charge in [-0.15, -0.1) is 10.2 Å². The zero-order valence-corrected chi connectivity index (χ0v) is 18.4. The Balaban J connectivity index is 1.48. The second kappa shape index (κ2) is 9.77. The largest absolute Gasteiger partial charge is 0.467 e. The lowest BCUT2D eigenvalue weighted by Gasteiger charge is -2.10. The molecule has 30 heavy (non-hydrogen) atoms. The zero-order chi connectivity index (χ0) is 20.8. The molecule has 0 radical (unpaired) electrons. The van der Waals surface area contributed by atoms with Crippen LogP contribution in [0.1, 0.15) is 12.2 Å². The minimum atomic E-state index is -0.0307. The molecule has 0 bridgehead atoms. The molecule has 2 heterocycles. The normalized spacial score (nSPS) is 10.8. The van der Waals surface area contributed by atoms with E-state index < -0.39 is 0 Å². The molecule has 0 fully saturated rings. The molecule has 1 N–H and O–H groups in total. The predicted octanol–water partition coefficient (Wildman–Crippen LogP) is 5.09. The van der Waals surface area contributed by atoms with Crippen molar-refractivity contribution in [2.45, 2.75) is 18.1 Å². The van der Waals surface area contributed by atoms with E-state index in [1.54, 1.807) is 12.3 Å². The molecule has 0 aliphatic carbocycles. The molecule has 0 saturated heterocycles. The first kappa shape index (κ1) is 20.4. The maximum atomic E-state index is 12.1. The first-order chi connectivity index (χ1) is 14.7. The third-order valence-electron chi connectivity index (χ3n) is 4.33. The number of furan rings is 1. The summed E-state index contributed by atoms with van der Waals surface area (Å²) in [5.41, 5.74) is 1.94. The predicted molar refractivity (Wildman–Crippen MR) is 120 cm³/mol. The number of carbonyl (C=O) groups is 1. The Labute approximate surface area is 186 Å². The summed E-state index contributed by atoms with van der Waals surface area (Å²) in [6.07, 6.45) is 1.97. The first-order valence-electron chi connectivity index (χ1n) is 9.39. The third-order valence-corrected chi connectivity index (χ3v) is 5.75. The van der Waals surface area contributed by atoms with E-state index in [9.17, 15) is 4.79 Å². The third kappa shape index (κ3) is 5.01. The van der Waals surface area contributed by atoms with Crippen molar-refractivity contribution in [2.75, 3.05) is 5.75 Å².